The lowest BCUT2D eigenvalue weighted by Gasteiger charge is -2.39. The van der Waals surface area contributed by atoms with E-state index in [0.717, 1.165) is 22.4 Å². The van der Waals surface area contributed by atoms with E-state index < -0.39 is 5.72 Å². The van der Waals surface area contributed by atoms with Crippen LogP contribution in [-0.2, 0) is 10.5 Å². The molecule has 2 rings (SSSR count). The zero-order chi connectivity index (χ0) is 18.4. The van der Waals surface area contributed by atoms with Crippen LogP contribution in [0.5, 0.6) is 0 Å². The van der Waals surface area contributed by atoms with Gasteiger partial charge in [-0.05, 0) is 43.2 Å². The largest absolute Gasteiger partial charge is 0.355 e. The molecule has 0 radical (unpaired) electrons. The van der Waals surface area contributed by atoms with Crippen molar-refractivity contribution in [3.8, 4) is 12.1 Å². The standard InChI is InChI=1S/C21H21N3O/c1-16-12-20(11-10-18(16)13-17(14-22)15-23)24(3)21(2,25-4)19-8-6-5-7-9-19/h5-13H,1-4H3. The fourth-order valence-electron chi connectivity index (χ4n) is 2.72. The molecule has 126 valence electrons. The van der Waals surface area contributed by atoms with E-state index in [4.69, 9.17) is 15.3 Å². The number of benzene rings is 2. The Morgan fingerprint density at radius 1 is 1.12 bits per heavy atom. The molecule has 0 N–H and O–H groups in total. The molecule has 0 saturated carbocycles. The van der Waals surface area contributed by atoms with Crippen molar-refractivity contribution in [1.82, 2.24) is 0 Å². The highest BCUT2D eigenvalue weighted by atomic mass is 16.5. The Labute approximate surface area is 149 Å². The molecule has 0 spiro atoms. The second-order valence-corrected chi connectivity index (χ2v) is 5.93. The minimum absolute atomic E-state index is 0.0928. The molecule has 1 unspecified atom stereocenters. The number of hydrogen-bond donors (Lipinski definition) is 0. The fourth-order valence-corrected chi connectivity index (χ4v) is 2.72. The molecule has 0 saturated heterocycles. The Morgan fingerprint density at radius 3 is 2.28 bits per heavy atom. The average Bonchev–Trinajstić information content (AvgIpc) is 2.66. The SMILES string of the molecule is COC(C)(c1ccccc1)N(C)c1ccc(C=C(C#N)C#N)c(C)c1. The van der Waals surface area contributed by atoms with Crippen molar-refractivity contribution < 1.29 is 4.74 Å². The van der Waals surface area contributed by atoms with E-state index >= 15 is 0 Å². The van der Waals surface area contributed by atoms with E-state index in [1.54, 1.807) is 13.2 Å². The third-order valence-electron chi connectivity index (χ3n) is 4.53. The Kier molecular flexibility index (Phi) is 5.60. The van der Waals surface area contributed by atoms with Crippen molar-refractivity contribution in [3.63, 3.8) is 0 Å². The number of ether oxygens (including phenoxy) is 1. The van der Waals surface area contributed by atoms with Gasteiger partial charge in [-0.1, -0.05) is 36.4 Å². The lowest BCUT2D eigenvalue weighted by molar-refractivity contribution is 0.00315. The van der Waals surface area contributed by atoms with Gasteiger partial charge in [0.2, 0.25) is 0 Å². The van der Waals surface area contributed by atoms with Crippen LogP contribution in [0.1, 0.15) is 23.6 Å². The second-order valence-electron chi connectivity index (χ2n) is 5.93. The van der Waals surface area contributed by atoms with E-state index in [2.05, 4.69) is 4.90 Å². The van der Waals surface area contributed by atoms with E-state index in [-0.39, 0.29) is 5.57 Å². The summed E-state index contributed by atoms with van der Waals surface area (Å²) in [5.74, 6) is 0. The Morgan fingerprint density at radius 2 is 1.76 bits per heavy atom. The van der Waals surface area contributed by atoms with Gasteiger partial charge < -0.3 is 9.64 Å². The molecule has 0 aromatic heterocycles. The molecular formula is C21H21N3O. The molecule has 0 amide bonds. The van der Waals surface area contributed by atoms with E-state index in [1.807, 2.05) is 81.6 Å². The summed E-state index contributed by atoms with van der Waals surface area (Å²) in [6.45, 7) is 3.98. The molecule has 1 atom stereocenters. The lowest BCUT2D eigenvalue weighted by Crippen LogP contribution is -2.43. The van der Waals surface area contributed by atoms with Gasteiger partial charge in [0.05, 0.1) is 0 Å². The lowest BCUT2D eigenvalue weighted by atomic mass is 10.0. The topological polar surface area (TPSA) is 60.0 Å². The summed E-state index contributed by atoms with van der Waals surface area (Å²) < 4.78 is 5.84. The summed E-state index contributed by atoms with van der Waals surface area (Å²) in [7, 11) is 3.68. The molecule has 2 aromatic carbocycles. The number of methoxy groups -OCH3 is 1. The maximum absolute atomic E-state index is 8.92. The molecule has 0 fully saturated rings. The molecule has 2 aromatic rings. The summed E-state index contributed by atoms with van der Waals surface area (Å²) >= 11 is 0. The predicted octanol–water partition coefficient (Wildman–Crippen LogP) is 4.38. The molecule has 0 bridgehead atoms. The van der Waals surface area contributed by atoms with Gasteiger partial charge in [-0.2, -0.15) is 10.5 Å². The number of nitrogens with zero attached hydrogens (tertiary/aromatic N) is 3. The number of allylic oxidation sites excluding steroid dienone is 1. The van der Waals surface area contributed by atoms with Crippen LogP contribution in [-0.4, -0.2) is 14.2 Å². The third-order valence-corrected chi connectivity index (χ3v) is 4.53. The smallest absolute Gasteiger partial charge is 0.163 e. The van der Waals surface area contributed by atoms with Crippen molar-refractivity contribution in [2.75, 3.05) is 19.1 Å². The summed E-state index contributed by atoms with van der Waals surface area (Å²) in [5, 5.41) is 17.8. The number of hydrogen-bond acceptors (Lipinski definition) is 4. The van der Waals surface area contributed by atoms with E-state index in [0.29, 0.717) is 0 Å². The molecule has 4 heteroatoms. The quantitative estimate of drug-likeness (QED) is 0.602. The van der Waals surface area contributed by atoms with Crippen molar-refractivity contribution >= 4 is 11.8 Å². The number of aryl methyl sites for hydroxylation is 1. The highest BCUT2D eigenvalue weighted by Gasteiger charge is 2.31. The Bertz CT molecular complexity index is 843. The van der Waals surface area contributed by atoms with Crippen LogP contribution in [0.3, 0.4) is 0 Å². The fraction of sp³-hybridized carbons (Fsp3) is 0.238. The zero-order valence-electron chi connectivity index (χ0n) is 14.9. The first kappa shape index (κ1) is 18.3. The predicted molar refractivity (Wildman–Crippen MR) is 99.6 cm³/mol. The first-order valence-electron chi connectivity index (χ1n) is 7.93. The molecule has 0 aliphatic rings. The monoisotopic (exact) mass is 331 g/mol. The highest BCUT2D eigenvalue weighted by Crippen LogP contribution is 2.33. The van der Waals surface area contributed by atoms with Crippen LogP contribution in [0.2, 0.25) is 0 Å². The maximum Gasteiger partial charge on any atom is 0.163 e. The van der Waals surface area contributed by atoms with Crippen LogP contribution in [0.15, 0.2) is 54.1 Å². The Balaban J connectivity index is 2.42. The third kappa shape index (κ3) is 3.71. The zero-order valence-corrected chi connectivity index (χ0v) is 14.9. The molecular weight excluding hydrogens is 310 g/mol. The number of nitriles is 2. The molecule has 0 heterocycles. The van der Waals surface area contributed by atoms with Gasteiger partial charge in [0.25, 0.3) is 0 Å². The summed E-state index contributed by atoms with van der Waals surface area (Å²) in [4.78, 5) is 2.07. The normalized spacial score (nSPS) is 12.4. The second kappa shape index (κ2) is 7.66. The summed E-state index contributed by atoms with van der Waals surface area (Å²) in [6, 6.07) is 19.7. The Hall–Kier alpha value is -3.08. The van der Waals surface area contributed by atoms with E-state index in [9.17, 15) is 0 Å². The van der Waals surface area contributed by atoms with Gasteiger partial charge in [-0.3, -0.25) is 0 Å². The summed E-state index contributed by atoms with van der Waals surface area (Å²) in [5.41, 5.74) is 3.36. The molecule has 0 aliphatic heterocycles. The van der Waals surface area contributed by atoms with Gasteiger partial charge in [0.15, 0.2) is 5.72 Å². The molecule has 4 nitrogen and oxygen atoms in total. The van der Waals surface area contributed by atoms with Crippen LogP contribution in [0.4, 0.5) is 5.69 Å². The van der Waals surface area contributed by atoms with Gasteiger partial charge in [0, 0.05) is 25.4 Å². The van der Waals surface area contributed by atoms with Crippen molar-refractivity contribution in [3.05, 3.63) is 70.8 Å². The van der Waals surface area contributed by atoms with Crippen LogP contribution < -0.4 is 4.90 Å². The maximum atomic E-state index is 8.92. The van der Waals surface area contributed by atoms with Crippen molar-refractivity contribution in [2.45, 2.75) is 19.6 Å². The van der Waals surface area contributed by atoms with E-state index in [1.165, 1.54) is 0 Å². The molecule has 25 heavy (non-hydrogen) atoms. The minimum atomic E-state index is -0.616. The first-order chi connectivity index (χ1) is 12.0. The van der Waals surface area contributed by atoms with Crippen LogP contribution >= 0.6 is 0 Å². The van der Waals surface area contributed by atoms with Crippen LogP contribution in [0, 0.1) is 29.6 Å². The van der Waals surface area contributed by atoms with Gasteiger partial charge >= 0.3 is 0 Å². The van der Waals surface area contributed by atoms with Gasteiger partial charge in [-0.15, -0.1) is 0 Å². The minimum Gasteiger partial charge on any atom is -0.355 e. The average molecular weight is 331 g/mol. The molecule has 0 aliphatic carbocycles. The van der Waals surface area contributed by atoms with Crippen molar-refractivity contribution in [2.24, 2.45) is 0 Å². The van der Waals surface area contributed by atoms with Gasteiger partial charge in [0.1, 0.15) is 17.7 Å². The first-order valence-corrected chi connectivity index (χ1v) is 7.93. The van der Waals surface area contributed by atoms with Crippen molar-refractivity contribution in [1.29, 1.82) is 10.5 Å². The number of anilines is 1. The van der Waals surface area contributed by atoms with Gasteiger partial charge in [-0.25, -0.2) is 0 Å². The number of rotatable bonds is 5. The van der Waals surface area contributed by atoms with Crippen LogP contribution in [0.25, 0.3) is 6.08 Å². The highest BCUT2D eigenvalue weighted by molar-refractivity contribution is 5.67. The summed E-state index contributed by atoms with van der Waals surface area (Å²) in [6.07, 6.45) is 1.60.